The van der Waals surface area contributed by atoms with Gasteiger partial charge >= 0.3 is 0 Å². The number of H-pyrrole nitrogens is 1. The predicted octanol–water partition coefficient (Wildman–Crippen LogP) is 5.04. The van der Waals surface area contributed by atoms with Gasteiger partial charge in [-0.3, -0.25) is 19.8 Å². The molecular formula is C31H41N5O2. The minimum Gasteiger partial charge on any atom is -0.492 e. The van der Waals surface area contributed by atoms with Gasteiger partial charge in [0.1, 0.15) is 12.4 Å². The first-order chi connectivity index (χ1) is 18.7. The van der Waals surface area contributed by atoms with E-state index in [1.165, 1.54) is 30.4 Å². The number of fused-ring (bicyclic) bond motifs is 1. The van der Waals surface area contributed by atoms with Gasteiger partial charge in [0.2, 0.25) is 5.91 Å². The van der Waals surface area contributed by atoms with Gasteiger partial charge < -0.3 is 9.64 Å². The Labute approximate surface area is 226 Å². The van der Waals surface area contributed by atoms with Gasteiger partial charge in [0.15, 0.2) is 0 Å². The van der Waals surface area contributed by atoms with Crippen LogP contribution >= 0.6 is 0 Å². The van der Waals surface area contributed by atoms with Crippen molar-refractivity contribution in [2.45, 2.75) is 64.3 Å². The van der Waals surface area contributed by atoms with Crippen LogP contribution in [-0.2, 0) is 24.2 Å². The molecule has 1 N–H and O–H groups in total. The number of ether oxygens (including phenoxy) is 1. The molecular weight excluding hydrogens is 474 g/mol. The van der Waals surface area contributed by atoms with Gasteiger partial charge in [0, 0.05) is 51.5 Å². The summed E-state index contributed by atoms with van der Waals surface area (Å²) in [5.74, 6) is 1.33. The number of nitrogens with one attached hydrogen (secondary N) is 1. The smallest absolute Gasteiger partial charge is 0.222 e. The van der Waals surface area contributed by atoms with Crippen molar-refractivity contribution < 1.29 is 9.53 Å². The molecule has 0 radical (unpaired) electrons. The second-order valence-electron chi connectivity index (χ2n) is 11.0. The van der Waals surface area contributed by atoms with E-state index in [4.69, 9.17) is 4.74 Å². The van der Waals surface area contributed by atoms with Crippen molar-refractivity contribution >= 4 is 5.91 Å². The number of carbonyl (C=O) groups is 1. The number of para-hydroxylation sites is 1. The number of piperidine rings is 1. The van der Waals surface area contributed by atoms with Crippen molar-refractivity contribution in [1.82, 2.24) is 25.0 Å². The maximum Gasteiger partial charge on any atom is 0.222 e. The molecule has 5 rings (SSSR count). The van der Waals surface area contributed by atoms with Crippen LogP contribution in [0.15, 0.2) is 61.1 Å². The van der Waals surface area contributed by atoms with E-state index in [-0.39, 0.29) is 5.41 Å². The van der Waals surface area contributed by atoms with Crippen LogP contribution in [0.25, 0.3) is 0 Å². The third kappa shape index (κ3) is 7.22. The summed E-state index contributed by atoms with van der Waals surface area (Å²) in [6, 6.07) is 14.7. The summed E-state index contributed by atoms with van der Waals surface area (Å²) in [6.07, 6.45) is 14.8. The lowest BCUT2D eigenvalue weighted by Gasteiger charge is -2.45. The number of nitrogens with zero attached hydrogens (tertiary/aromatic N) is 4. The van der Waals surface area contributed by atoms with Crippen LogP contribution in [0, 0.1) is 5.41 Å². The van der Waals surface area contributed by atoms with Crippen LogP contribution in [0.5, 0.6) is 5.75 Å². The Kier molecular flexibility index (Phi) is 9.07. The van der Waals surface area contributed by atoms with Gasteiger partial charge in [-0.1, -0.05) is 30.7 Å². The van der Waals surface area contributed by atoms with Crippen LogP contribution < -0.4 is 4.74 Å². The molecule has 2 aliphatic heterocycles. The van der Waals surface area contributed by atoms with E-state index < -0.39 is 0 Å². The van der Waals surface area contributed by atoms with Crippen LogP contribution in [-0.4, -0.2) is 63.7 Å². The third-order valence-electron chi connectivity index (χ3n) is 8.30. The zero-order chi connectivity index (χ0) is 26.0. The van der Waals surface area contributed by atoms with Gasteiger partial charge in [-0.25, -0.2) is 0 Å². The summed E-state index contributed by atoms with van der Waals surface area (Å²) in [5.41, 5.74) is 3.80. The number of amides is 1. The van der Waals surface area contributed by atoms with Crippen LogP contribution in [0.1, 0.15) is 61.8 Å². The van der Waals surface area contributed by atoms with E-state index in [0.29, 0.717) is 18.9 Å². The molecule has 1 saturated heterocycles. The largest absolute Gasteiger partial charge is 0.492 e. The van der Waals surface area contributed by atoms with Crippen molar-refractivity contribution in [2.75, 3.05) is 32.8 Å². The molecule has 7 heteroatoms. The highest BCUT2D eigenvalue weighted by atomic mass is 16.5. The van der Waals surface area contributed by atoms with Crippen LogP contribution in [0.2, 0.25) is 0 Å². The fraction of sp³-hybridized carbons (Fsp3) is 0.516. The third-order valence-corrected chi connectivity index (χ3v) is 8.30. The fourth-order valence-corrected chi connectivity index (χ4v) is 6.09. The highest BCUT2D eigenvalue weighted by molar-refractivity contribution is 5.76. The number of likely N-dealkylation sites (tertiary alicyclic amines) is 1. The molecule has 0 unspecified atom stereocenters. The molecule has 0 bridgehead atoms. The number of benzene rings is 1. The molecule has 0 aliphatic carbocycles. The maximum absolute atomic E-state index is 13.0. The lowest BCUT2D eigenvalue weighted by atomic mass is 9.73. The molecule has 2 aromatic heterocycles. The molecule has 4 heterocycles. The molecule has 2 aliphatic rings. The van der Waals surface area contributed by atoms with E-state index in [1.54, 1.807) is 0 Å². The Morgan fingerprint density at radius 2 is 1.89 bits per heavy atom. The van der Waals surface area contributed by atoms with Crippen molar-refractivity contribution in [3.8, 4) is 5.75 Å². The average molecular weight is 516 g/mol. The molecule has 1 fully saturated rings. The zero-order valence-corrected chi connectivity index (χ0v) is 22.5. The second-order valence-corrected chi connectivity index (χ2v) is 11.0. The normalized spacial score (nSPS) is 18.7. The van der Waals surface area contributed by atoms with Crippen molar-refractivity contribution in [1.29, 1.82) is 0 Å². The quantitative estimate of drug-likeness (QED) is 0.498. The Hall–Kier alpha value is -3.19. The van der Waals surface area contributed by atoms with E-state index in [2.05, 4.69) is 61.4 Å². The van der Waals surface area contributed by atoms with Gasteiger partial charge in [-0.05, 0) is 79.7 Å². The van der Waals surface area contributed by atoms with Gasteiger partial charge in [0.25, 0.3) is 0 Å². The van der Waals surface area contributed by atoms with E-state index in [1.807, 2.05) is 24.7 Å². The van der Waals surface area contributed by atoms with Crippen molar-refractivity contribution in [3.05, 3.63) is 77.9 Å². The molecule has 3 aromatic rings. The van der Waals surface area contributed by atoms with E-state index >= 15 is 0 Å². The number of carbonyl (C=O) groups excluding carboxylic acids is 1. The number of hydrogen-bond acceptors (Lipinski definition) is 5. The van der Waals surface area contributed by atoms with Crippen LogP contribution in [0.4, 0.5) is 0 Å². The monoisotopic (exact) mass is 515 g/mol. The summed E-state index contributed by atoms with van der Waals surface area (Å²) in [4.78, 5) is 22.3. The Bertz CT molecular complexity index is 1130. The standard InChI is InChI=1S/C31H41N5O2/c37-30(13-7-8-26-22-33-34-23-26)36-18-15-31(16-19-36)14-5-3-10-27-9-1-2-12-29(27)38-21-20-35(25-31)24-28-11-4-6-17-32-28/h1-2,4,6,9,11-12,17,22-23H,3,5,7-8,10,13-16,18-21,24-25H2,(H,33,34). The van der Waals surface area contributed by atoms with E-state index in [9.17, 15) is 4.79 Å². The first-order valence-electron chi connectivity index (χ1n) is 14.3. The number of rotatable bonds is 6. The van der Waals surface area contributed by atoms with Gasteiger partial charge in [0.05, 0.1) is 11.9 Å². The topological polar surface area (TPSA) is 74.3 Å². The minimum atomic E-state index is 0.223. The summed E-state index contributed by atoms with van der Waals surface area (Å²) >= 11 is 0. The molecule has 1 aromatic carbocycles. The number of aromatic nitrogens is 3. The van der Waals surface area contributed by atoms with Crippen molar-refractivity contribution in [2.24, 2.45) is 5.41 Å². The van der Waals surface area contributed by atoms with Crippen molar-refractivity contribution in [3.63, 3.8) is 0 Å². The van der Waals surface area contributed by atoms with Gasteiger partial charge in [-0.2, -0.15) is 5.10 Å². The fourth-order valence-electron chi connectivity index (χ4n) is 6.09. The van der Waals surface area contributed by atoms with E-state index in [0.717, 1.165) is 76.3 Å². The summed E-state index contributed by atoms with van der Waals surface area (Å²) in [6.45, 7) is 5.11. The van der Waals surface area contributed by atoms with Gasteiger partial charge in [-0.15, -0.1) is 0 Å². The predicted molar refractivity (Wildman–Crippen MR) is 149 cm³/mol. The molecule has 0 atom stereocenters. The SMILES string of the molecule is O=C(CCCc1cn[nH]c1)N1CCC2(CCCCc3ccccc3OCCN(Cc3ccccn3)C2)CC1. The second kappa shape index (κ2) is 13.1. The zero-order valence-electron chi connectivity index (χ0n) is 22.5. The number of aromatic amines is 1. The Morgan fingerprint density at radius 1 is 1.03 bits per heavy atom. The number of aryl methyl sites for hydroxylation is 2. The lowest BCUT2D eigenvalue weighted by molar-refractivity contribution is -0.134. The Morgan fingerprint density at radius 3 is 2.71 bits per heavy atom. The molecule has 1 amide bonds. The first kappa shape index (κ1) is 26.4. The highest BCUT2D eigenvalue weighted by Crippen LogP contribution is 2.39. The maximum atomic E-state index is 13.0. The summed E-state index contributed by atoms with van der Waals surface area (Å²) < 4.78 is 6.30. The number of hydrogen-bond donors (Lipinski definition) is 1. The van der Waals surface area contributed by atoms with Crippen LogP contribution in [0.3, 0.4) is 0 Å². The summed E-state index contributed by atoms with van der Waals surface area (Å²) in [7, 11) is 0. The molecule has 7 nitrogen and oxygen atoms in total. The Balaban J connectivity index is 1.24. The lowest BCUT2D eigenvalue weighted by Crippen LogP contribution is -2.48. The molecule has 202 valence electrons. The first-order valence-corrected chi connectivity index (χ1v) is 14.3. The average Bonchev–Trinajstić information content (AvgIpc) is 3.46. The summed E-state index contributed by atoms with van der Waals surface area (Å²) in [5, 5.41) is 6.86. The number of pyridine rings is 1. The highest BCUT2D eigenvalue weighted by Gasteiger charge is 2.37. The molecule has 1 spiro atoms. The molecule has 0 saturated carbocycles. The minimum absolute atomic E-state index is 0.223. The molecule has 38 heavy (non-hydrogen) atoms.